The summed E-state index contributed by atoms with van der Waals surface area (Å²) in [5.74, 6) is 1.70. The van der Waals surface area contributed by atoms with Crippen LogP contribution in [0.4, 0.5) is 11.5 Å². The molecule has 0 bridgehead atoms. The average Bonchev–Trinajstić information content (AvgIpc) is 3.18. The largest absolute Gasteiger partial charge is 0.378 e. The lowest BCUT2D eigenvalue weighted by Crippen LogP contribution is -2.36. The van der Waals surface area contributed by atoms with Crippen LogP contribution in [0.3, 0.4) is 0 Å². The van der Waals surface area contributed by atoms with Gasteiger partial charge in [0.1, 0.15) is 5.82 Å². The minimum Gasteiger partial charge on any atom is -0.378 e. The lowest BCUT2D eigenvalue weighted by molar-refractivity contribution is -0.121. The van der Waals surface area contributed by atoms with E-state index < -0.39 is 0 Å². The molecule has 4 rings (SSSR count). The number of anilines is 2. The Morgan fingerprint density at radius 3 is 2.77 bits per heavy atom. The van der Waals surface area contributed by atoms with Crippen molar-refractivity contribution in [2.75, 3.05) is 49.6 Å². The molecular weight excluding hydrogens is 394 g/mol. The average molecular weight is 426 g/mol. The van der Waals surface area contributed by atoms with Crippen molar-refractivity contribution in [2.45, 2.75) is 39.5 Å². The van der Waals surface area contributed by atoms with Crippen molar-refractivity contribution in [1.29, 1.82) is 0 Å². The van der Waals surface area contributed by atoms with Gasteiger partial charge in [-0.1, -0.05) is 6.92 Å². The minimum atomic E-state index is 0.128. The third-order valence-corrected chi connectivity index (χ3v) is 5.54. The maximum absolute atomic E-state index is 11.5. The fourth-order valence-electron chi connectivity index (χ4n) is 3.90. The number of unbranched alkanes of at least 4 members (excludes halogenated alkanes) is 1. The number of aromatic nitrogens is 4. The van der Waals surface area contributed by atoms with Crippen molar-refractivity contribution in [2.24, 2.45) is 0 Å². The van der Waals surface area contributed by atoms with Crippen LogP contribution in [-0.2, 0) is 9.53 Å². The zero-order valence-electron chi connectivity index (χ0n) is 18.4. The van der Waals surface area contributed by atoms with E-state index in [9.17, 15) is 4.79 Å². The first-order chi connectivity index (χ1) is 15.2. The van der Waals surface area contributed by atoms with E-state index in [4.69, 9.17) is 9.72 Å². The summed E-state index contributed by atoms with van der Waals surface area (Å²) < 4.78 is 7.53. The molecule has 9 heteroatoms. The number of amides is 1. The van der Waals surface area contributed by atoms with Crippen molar-refractivity contribution >= 4 is 34.1 Å². The van der Waals surface area contributed by atoms with E-state index in [-0.39, 0.29) is 5.91 Å². The highest BCUT2D eigenvalue weighted by Crippen LogP contribution is 2.26. The van der Waals surface area contributed by atoms with Crippen molar-refractivity contribution < 1.29 is 9.53 Å². The number of hydrogen-bond donors (Lipinski definition) is 2. The zero-order chi connectivity index (χ0) is 21.6. The molecule has 0 saturated carbocycles. The smallest absolute Gasteiger partial charge is 0.219 e. The Hall–Kier alpha value is -2.94. The molecule has 2 N–H and O–H groups in total. The first-order valence-electron chi connectivity index (χ1n) is 11.2. The second-order valence-corrected chi connectivity index (χ2v) is 7.87. The summed E-state index contributed by atoms with van der Waals surface area (Å²) in [6, 6.07) is 6.36. The van der Waals surface area contributed by atoms with Gasteiger partial charge in [0.15, 0.2) is 5.82 Å². The molecule has 1 saturated heterocycles. The van der Waals surface area contributed by atoms with Crippen molar-refractivity contribution in [3.8, 4) is 0 Å². The molecule has 0 aliphatic carbocycles. The Labute approximate surface area is 182 Å². The first kappa shape index (κ1) is 21.3. The Kier molecular flexibility index (Phi) is 6.81. The predicted molar refractivity (Wildman–Crippen MR) is 122 cm³/mol. The molecule has 1 amide bonds. The third-order valence-electron chi connectivity index (χ3n) is 5.54. The number of ether oxygens (including phenoxy) is 1. The summed E-state index contributed by atoms with van der Waals surface area (Å²) in [5, 5.41) is 15.0. The van der Waals surface area contributed by atoms with Gasteiger partial charge < -0.3 is 20.3 Å². The fraction of sp³-hybridized carbons (Fsp3) is 0.545. The number of fused-ring (bicyclic) bond motifs is 3. The molecule has 0 atom stereocenters. The molecule has 0 spiro atoms. The number of hydrogen-bond acceptors (Lipinski definition) is 7. The van der Waals surface area contributed by atoms with E-state index in [2.05, 4.69) is 48.3 Å². The van der Waals surface area contributed by atoms with E-state index in [0.717, 1.165) is 86.1 Å². The summed E-state index contributed by atoms with van der Waals surface area (Å²) in [6.45, 7) is 8.70. The Bertz CT molecular complexity index is 1040. The number of aryl methyl sites for hydroxylation is 1. The fourth-order valence-corrected chi connectivity index (χ4v) is 3.90. The van der Waals surface area contributed by atoms with E-state index in [0.29, 0.717) is 13.0 Å². The van der Waals surface area contributed by atoms with Crippen LogP contribution in [0.2, 0.25) is 0 Å². The van der Waals surface area contributed by atoms with Gasteiger partial charge in [-0.25, -0.2) is 4.98 Å². The normalized spacial score (nSPS) is 14.3. The molecule has 3 heterocycles. The summed E-state index contributed by atoms with van der Waals surface area (Å²) >= 11 is 0. The number of carbonyl (C=O) groups is 1. The first-order valence-corrected chi connectivity index (χ1v) is 11.2. The molecule has 31 heavy (non-hydrogen) atoms. The summed E-state index contributed by atoms with van der Waals surface area (Å²) in [4.78, 5) is 18.8. The van der Waals surface area contributed by atoms with Crippen LogP contribution in [0, 0.1) is 6.92 Å². The van der Waals surface area contributed by atoms with Gasteiger partial charge in [0.2, 0.25) is 11.6 Å². The number of morpholine rings is 1. The Balaban J connectivity index is 1.48. The van der Waals surface area contributed by atoms with Crippen LogP contribution in [0.5, 0.6) is 0 Å². The van der Waals surface area contributed by atoms with Gasteiger partial charge >= 0.3 is 0 Å². The van der Waals surface area contributed by atoms with Crippen molar-refractivity contribution in [3.05, 3.63) is 24.0 Å². The van der Waals surface area contributed by atoms with E-state index >= 15 is 0 Å². The highest BCUT2D eigenvalue weighted by molar-refractivity contribution is 5.85. The maximum Gasteiger partial charge on any atom is 0.219 e. The van der Waals surface area contributed by atoms with Gasteiger partial charge in [-0.05, 0) is 44.4 Å². The van der Waals surface area contributed by atoms with Crippen LogP contribution < -0.4 is 15.5 Å². The van der Waals surface area contributed by atoms with Crippen LogP contribution in [0.25, 0.3) is 16.7 Å². The van der Waals surface area contributed by atoms with Crippen molar-refractivity contribution in [3.63, 3.8) is 0 Å². The van der Waals surface area contributed by atoms with Gasteiger partial charge in [0.05, 0.1) is 24.2 Å². The summed E-state index contributed by atoms with van der Waals surface area (Å²) in [5.41, 5.74) is 3.80. The lowest BCUT2D eigenvalue weighted by atomic mass is 10.2. The Morgan fingerprint density at radius 2 is 1.97 bits per heavy atom. The number of benzene rings is 1. The second-order valence-electron chi connectivity index (χ2n) is 7.87. The molecule has 1 aliphatic heterocycles. The standard InChI is InChI=1S/C22H31N7O2/c1-3-6-20(30)23-9-4-5-10-24-21-22-27-26-16(2)29(22)19-8-7-17(15-18(19)25-21)28-11-13-31-14-12-28/h7-8,15H,3-6,9-14H2,1-2H3,(H,23,30)(H,24,25). The molecular formula is C22H31N7O2. The highest BCUT2D eigenvalue weighted by Gasteiger charge is 2.16. The second kappa shape index (κ2) is 9.91. The van der Waals surface area contributed by atoms with Crippen LogP contribution >= 0.6 is 0 Å². The van der Waals surface area contributed by atoms with Crippen LogP contribution in [-0.4, -0.2) is 64.9 Å². The molecule has 166 valence electrons. The molecule has 0 unspecified atom stereocenters. The van der Waals surface area contributed by atoms with Gasteiger partial charge in [0.25, 0.3) is 0 Å². The number of carbonyl (C=O) groups excluding carboxylic acids is 1. The van der Waals surface area contributed by atoms with E-state index in [1.165, 1.54) is 0 Å². The monoisotopic (exact) mass is 425 g/mol. The number of nitrogens with zero attached hydrogens (tertiary/aromatic N) is 5. The summed E-state index contributed by atoms with van der Waals surface area (Å²) in [6.07, 6.45) is 3.32. The minimum absolute atomic E-state index is 0.128. The zero-order valence-corrected chi connectivity index (χ0v) is 18.4. The Morgan fingerprint density at radius 1 is 1.16 bits per heavy atom. The quantitative estimate of drug-likeness (QED) is 0.509. The van der Waals surface area contributed by atoms with Crippen molar-refractivity contribution in [1.82, 2.24) is 24.9 Å². The van der Waals surface area contributed by atoms with Crippen LogP contribution in [0.1, 0.15) is 38.4 Å². The molecule has 9 nitrogen and oxygen atoms in total. The van der Waals surface area contributed by atoms with Gasteiger partial charge in [0, 0.05) is 38.3 Å². The molecule has 1 aliphatic rings. The summed E-state index contributed by atoms with van der Waals surface area (Å²) in [7, 11) is 0. The molecule has 3 aromatic rings. The predicted octanol–water partition coefficient (Wildman–Crippen LogP) is 2.53. The van der Waals surface area contributed by atoms with E-state index in [1.54, 1.807) is 0 Å². The third kappa shape index (κ3) is 4.87. The number of rotatable bonds is 9. The molecule has 1 aromatic carbocycles. The molecule has 2 aromatic heterocycles. The molecule has 0 radical (unpaired) electrons. The molecule has 1 fully saturated rings. The lowest BCUT2D eigenvalue weighted by Gasteiger charge is -2.29. The van der Waals surface area contributed by atoms with Gasteiger partial charge in [-0.2, -0.15) is 0 Å². The van der Waals surface area contributed by atoms with Gasteiger partial charge in [-0.3, -0.25) is 9.20 Å². The van der Waals surface area contributed by atoms with Gasteiger partial charge in [-0.15, -0.1) is 10.2 Å². The SMILES string of the molecule is CCCC(=O)NCCCCNc1nc2cc(N3CCOCC3)ccc2n2c(C)nnc12. The topological polar surface area (TPSA) is 96.7 Å². The highest BCUT2D eigenvalue weighted by atomic mass is 16.5. The van der Waals surface area contributed by atoms with Crippen LogP contribution in [0.15, 0.2) is 18.2 Å². The number of nitrogens with one attached hydrogen (secondary N) is 2. The maximum atomic E-state index is 11.5. The van der Waals surface area contributed by atoms with E-state index in [1.807, 2.05) is 13.8 Å².